The van der Waals surface area contributed by atoms with E-state index in [9.17, 15) is 14.3 Å². The summed E-state index contributed by atoms with van der Waals surface area (Å²) in [6.45, 7) is 4.73. The minimum absolute atomic E-state index is 0.0964. The highest BCUT2D eigenvalue weighted by molar-refractivity contribution is 7.47. The number of hydrogen-bond donors (Lipinski definition) is 2. The highest BCUT2D eigenvalue weighted by Crippen LogP contribution is 2.43. The number of phosphoric ester groups is 1. The van der Waals surface area contributed by atoms with E-state index >= 15 is 0 Å². The molecule has 0 saturated heterocycles. The minimum Gasteiger partial charge on any atom is -0.457 e. The Labute approximate surface area is 275 Å². The normalized spacial score (nSPS) is 14.3. The second-order valence-electron chi connectivity index (χ2n) is 11.4. The fourth-order valence-electron chi connectivity index (χ4n) is 4.46. The summed E-state index contributed by atoms with van der Waals surface area (Å²) in [4.78, 5) is 22.3. The summed E-state index contributed by atoms with van der Waals surface area (Å²) in [7, 11) is -4.27. The van der Waals surface area contributed by atoms with Gasteiger partial charge in [-0.1, -0.05) is 127 Å². The van der Waals surface area contributed by atoms with Gasteiger partial charge >= 0.3 is 13.8 Å². The molecule has 0 aliphatic carbocycles. The zero-order valence-corrected chi connectivity index (χ0v) is 29.5. The molecule has 0 aliphatic heterocycles. The van der Waals surface area contributed by atoms with Crippen molar-refractivity contribution in [1.29, 1.82) is 0 Å². The van der Waals surface area contributed by atoms with E-state index in [-0.39, 0.29) is 32.3 Å². The number of unbranched alkanes of at least 4 members (excludes halogenated alkanes) is 12. The number of carbonyl (C=O) groups is 1. The lowest BCUT2D eigenvalue weighted by Crippen LogP contribution is -2.28. The first-order valence-electron chi connectivity index (χ1n) is 17.6. The number of rotatable bonds is 33. The van der Waals surface area contributed by atoms with Crippen LogP contribution in [0.5, 0.6) is 0 Å². The van der Waals surface area contributed by atoms with Gasteiger partial charge in [0.2, 0.25) is 0 Å². The third-order valence-electron chi connectivity index (χ3n) is 7.01. The summed E-state index contributed by atoms with van der Waals surface area (Å²) in [6, 6.07) is 0. The number of phosphoric acid groups is 1. The molecule has 0 fully saturated rings. The summed E-state index contributed by atoms with van der Waals surface area (Å²) in [5, 5.41) is 0. The van der Waals surface area contributed by atoms with E-state index in [0.717, 1.165) is 70.6 Å². The molecule has 2 unspecified atom stereocenters. The van der Waals surface area contributed by atoms with Gasteiger partial charge in [0.05, 0.1) is 19.8 Å². The maximum absolute atomic E-state index is 12.5. The zero-order valence-electron chi connectivity index (χ0n) is 28.6. The Hall–Kier alpha value is -1.54. The number of hydrogen-bond acceptors (Lipinski definition) is 7. The molecule has 3 N–H and O–H groups in total. The van der Waals surface area contributed by atoms with Crippen molar-refractivity contribution in [3.05, 3.63) is 48.6 Å². The van der Waals surface area contributed by atoms with Crippen molar-refractivity contribution in [2.75, 3.05) is 33.0 Å². The average Bonchev–Trinajstić information content (AvgIpc) is 3.02. The molecular formula is C36H66NO7P. The molecule has 0 heterocycles. The monoisotopic (exact) mass is 655 g/mol. The Bertz CT molecular complexity index is 828. The van der Waals surface area contributed by atoms with Gasteiger partial charge < -0.3 is 20.1 Å². The second kappa shape index (κ2) is 33.8. The molecule has 0 aromatic heterocycles. The first kappa shape index (κ1) is 43.5. The van der Waals surface area contributed by atoms with Crippen LogP contribution in [0.15, 0.2) is 48.6 Å². The van der Waals surface area contributed by atoms with Gasteiger partial charge in [0.1, 0.15) is 6.10 Å². The fraction of sp³-hybridized carbons (Fsp3) is 0.750. The summed E-state index contributed by atoms with van der Waals surface area (Å²) in [5.41, 5.74) is 5.33. The fourth-order valence-corrected chi connectivity index (χ4v) is 5.22. The van der Waals surface area contributed by atoms with Crippen LogP contribution in [0.25, 0.3) is 0 Å². The smallest absolute Gasteiger partial charge is 0.457 e. The molecule has 0 aromatic carbocycles. The van der Waals surface area contributed by atoms with Crippen molar-refractivity contribution >= 4 is 13.8 Å². The molecule has 0 saturated carbocycles. The standard InChI is InChI=1S/C36H66NO7P/c1-3-5-7-9-11-12-13-14-15-16-17-18-19-20-21-22-23-25-27-29-36(38)44-35(34-43-45(39,40)42-32-30-37)33-41-31-28-26-24-10-8-6-4-2/h5,7,11-12,14-15,17-18,35H,3-4,6,8-10,13,16,19-34,37H2,1-2H3,(H,39,40)/b7-5-,12-11-,15-14-,18-17-. The van der Waals surface area contributed by atoms with Crippen LogP contribution in [0.2, 0.25) is 0 Å². The van der Waals surface area contributed by atoms with Gasteiger partial charge in [0.15, 0.2) is 0 Å². The molecule has 0 aliphatic rings. The molecule has 9 heteroatoms. The maximum atomic E-state index is 12.5. The van der Waals surface area contributed by atoms with E-state index in [2.05, 4.69) is 62.5 Å². The van der Waals surface area contributed by atoms with E-state index in [1.54, 1.807) is 0 Å². The van der Waals surface area contributed by atoms with E-state index in [1.807, 2.05) is 0 Å². The molecule has 45 heavy (non-hydrogen) atoms. The molecule has 262 valence electrons. The van der Waals surface area contributed by atoms with Crippen LogP contribution in [-0.4, -0.2) is 49.9 Å². The largest absolute Gasteiger partial charge is 0.472 e. The zero-order chi connectivity index (χ0) is 33.1. The van der Waals surface area contributed by atoms with Crippen molar-refractivity contribution in [2.45, 2.75) is 142 Å². The number of carbonyl (C=O) groups excluding carboxylic acids is 1. The van der Waals surface area contributed by atoms with Crippen molar-refractivity contribution in [3.63, 3.8) is 0 Å². The Kier molecular flexibility index (Phi) is 32.7. The molecule has 0 amide bonds. The van der Waals surface area contributed by atoms with Crippen molar-refractivity contribution < 1.29 is 32.8 Å². The van der Waals surface area contributed by atoms with Gasteiger partial charge in [-0.15, -0.1) is 0 Å². The number of nitrogens with two attached hydrogens (primary N) is 1. The quantitative estimate of drug-likeness (QED) is 0.0311. The van der Waals surface area contributed by atoms with Crippen LogP contribution in [0.4, 0.5) is 0 Å². The lowest BCUT2D eigenvalue weighted by Gasteiger charge is -2.20. The van der Waals surface area contributed by atoms with Gasteiger partial charge in [-0.25, -0.2) is 4.57 Å². The number of allylic oxidation sites excluding steroid dienone is 8. The molecule has 0 spiro atoms. The summed E-state index contributed by atoms with van der Waals surface area (Å²) in [5.74, 6) is -0.349. The lowest BCUT2D eigenvalue weighted by molar-refractivity contribution is -0.154. The Morgan fingerprint density at radius 1 is 0.689 bits per heavy atom. The summed E-state index contributed by atoms with van der Waals surface area (Å²) >= 11 is 0. The summed E-state index contributed by atoms with van der Waals surface area (Å²) in [6.07, 6.45) is 37.0. The average molecular weight is 656 g/mol. The number of esters is 1. The second-order valence-corrected chi connectivity index (χ2v) is 12.8. The SMILES string of the molecule is CC/C=C\C/C=C\C/C=C\C/C=C\CCCCCCCCC(=O)OC(COCCCCCCCCC)COP(=O)(O)OCCN. The molecular weight excluding hydrogens is 589 g/mol. The van der Waals surface area contributed by atoms with E-state index in [0.29, 0.717) is 13.0 Å². The van der Waals surface area contributed by atoms with Gasteiger partial charge in [-0.05, 0) is 51.4 Å². The van der Waals surface area contributed by atoms with Gasteiger partial charge in [-0.2, -0.15) is 0 Å². The predicted molar refractivity (Wildman–Crippen MR) is 187 cm³/mol. The first-order valence-corrected chi connectivity index (χ1v) is 19.1. The molecule has 0 aromatic rings. The highest BCUT2D eigenvalue weighted by Gasteiger charge is 2.25. The van der Waals surface area contributed by atoms with Gasteiger partial charge in [0, 0.05) is 19.6 Å². The molecule has 2 atom stereocenters. The predicted octanol–water partition coefficient (Wildman–Crippen LogP) is 9.68. The van der Waals surface area contributed by atoms with Crippen LogP contribution in [0, 0.1) is 0 Å². The van der Waals surface area contributed by atoms with E-state index in [1.165, 1.54) is 44.9 Å². The highest BCUT2D eigenvalue weighted by atomic mass is 31.2. The Morgan fingerprint density at radius 3 is 1.87 bits per heavy atom. The topological polar surface area (TPSA) is 117 Å². The van der Waals surface area contributed by atoms with Crippen molar-refractivity contribution in [2.24, 2.45) is 5.73 Å². The van der Waals surface area contributed by atoms with Gasteiger partial charge in [0.25, 0.3) is 0 Å². The van der Waals surface area contributed by atoms with Crippen LogP contribution < -0.4 is 5.73 Å². The summed E-state index contributed by atoms with van der Waals surface area (Å²) < 4.78 is 33.1. The third kappa shape index (κ3) is 33.6. The third-order valence-corrected chi connectivity index (χ3v) is 7.99. The van der Waals surface area contributed by atoms with Gasteiger partial charge in [-0.3, -0.25) is 13.8 Å². The van der Waals surface area contributed by atoms with E-state index < -0.39 is 13.9 Å². The van der Waals surface area contributed by atoms with Crippen LogP contribution in [0.1, 0.15) is 136 Å². The van der Waals surface area contributed by atoms with E-state index in [4.69, 9.17) is 24.3 Å². The molecule has 0 bridgehead atoms. The maximum Gasteiger partial charge on any atom is 0.472 e. The Morgan fingerprint density at radius 2 is 1.24 bits per heavy atom. The van der Waals surface area contributed by atoms with Crippen molar-refractivity contribution in [3.8, 4) is 0 Å². The minimum atomic E-state index is -4.27. The lowest BCUT2D eigenvalue weighted by atomic mass is 10.1. The molecule has 8 nitrogen and oxygen atoms in total. The van der Waals surface area contributed by atoms with Crippen LogP contribution in [-0.2, 0) is 27.9 Å². The van der Waals surface area contributed by atoms with Crippen molar-refractivity contribution in [1.82, 2.24) is 0 Å². The molecule has 0 rings (SSSR count). The molecule has 0 radical (unpaired) electrons. The first-order chi connectivity index (χ1) is 21.9. The van der Waals surface area contributed by atoms with Crippen LogP contribution >= 0.6 is 7.82 Å². The Balaban J connectivity index is 4.08. The number of ether oxygens (including phenoxy) is 2. The van der Waals surface area contributed by atoms with Crippen LogP contribution in [0.3, 0.4) is 0 Å².